The number of rotatable bonds is 8. The van der Waals surface area contributed by atoms with Crippen molar-refractivity contribution in [3.05, 3.63) is 0 Å². The van der Waals surface area contributed by atoms with Crippen LogP contribution >= 0.6 is 0 Å². The molecule has 3 atom stereocenters. The zero-order valence-electron chi connectivity index (χ0n) is 14.8. The van der Waals surface area contributed by atoms with Crippen LogP contribution in [0.5, 0.6) is 0 Å². The Kier molecular flexibility index (Phi) is 6.92. The first-order valence-electron chi connectivity index (χ1n) is 8.77. The summed E-state index contributed by atoms with van der Waals surface area (Å²) in [5.41, 5.74) is 0. The highest BCUT2D eigenvalue weighted by molar-refractivity contribution is 6.05. The number of likely N-dealkylation sites (tertiary alicyclic amines) is 1. The molecule has 25 heavy (non-hydrogen) atoms. The van der Waals surface area contributed by atoms with Gasteiger partial charge in [-0.1, -0.05) is 12.8 Å². The number of ether oxygens (including phenoxy) is 2. The van der Waals surface area contributed by atoms with Crippen LogP contribution in [0.3, 0.4) is 0 Å². The van der Waals surface area contributed by atoms with Crippen LogP contribution < -0.4 is 5.32 Å². The highest BCUT2D eigenvalue weighted by atomic mass is 16.5. The van der Waals surface area contributed by atoms with Crippen LogP contribution in [0.4, 0.5) is 0 Å². The number of hydrogen-bond donors (Lipinski definition) is 1. The van der Waals surface area contributed by atoms with Crippen LogP contribution in [0.15, 0.2) is 0 Å². The van der Waals surface area contributed by atoms with Crippen LogP contribution in [0.2, 0.25) is 0 Å². The van der Waals surface area contributed by atoms with Gasteiger partial charge in [0, 0.05) is 20.2 Å². The molecule has 0 bridgehead atoms. The van der Waals surface area contributed by atoms with Gasteiger partial charge in [0.2, 0.25) is 11.8 Å². The average Bonchev–Trinajstić information content (AvgIpc) is 2.84. The maximum Gasteiger partial charge on any atom is 0.308 e. The van der Waals surface area contributed by atoms with Gasteiger partial charge in [-0.2, -0.15) is 0 Å². The molecule has 0 unspecified atom stereocenters. The van der Waals surface area contributed by atoms with Crippen molar-refractivity contribution in [1.29, 1.82) is 0 Å². The Morgan fingerprint density at radius 1 is 1.20 bits per heavy atom. The fourth-order valence-corrected chi connectivity index (χ4v) is 3.38. The van der Waals surface area contributed by atoms with Crippen molar-refractivity contribution in [2.24, 2.45) is 11.8 Å². The van der Waals surface area contributed by atoms with E-state index in [1.807, 2.05) is 0 Å². The molecular formula is C17H26N2O6. The summed E-state index contributed by atoms with van der Waals surface area (Å²) in [6.07, 6.45) is 2.38. The first-order chi connectivity index (χ1) is 12.0. The number of fused-ring (bicyclic) bond motifs is 1. The van der Waals surface area contributed by atoms with Gasteiger partial charge < -0.3 is 14.8 Å². The van der Waals surface area contributed by atoms with E-state index in [-0.39, 0.29) is 36.6 Å². The molecule has 0 radical (unpaired) electrons. The minimum absolute atomic E-state index is 0.0154. The van der Waals surface area contributed by atoms with E-state index < -0.39 is 18.0 Å². The minimum atomic E-state index is -0.933. The zero-order chi connectivity index (χ0) is 18.4. The van der Waals surface area contributed by atoms with Gasteiger partial charge in [-0.15, -0.1) is 0 Å². The lowest BCUT2D eigenvalue weighted by Crippen LogP contribution is -2.38. The maximum atomic E-state index is 12.3. The number of imide groups is 1. The van der Waals surface area contributed by atoms with Crippen molar-refractivity contribution in [3.63, 3.8) is 0 Å². The average molecular weight is 354 g/mol. The molecule has 8 nitrogen and oxygen atoms in total. The molecule has 1 aliphatic carbocycles. The molecule has 2 rings (SSSR count). The summed E-state index contributed by atoms with van der Waals surface area (Å²) in [6.45, 7) is 2.19. The molecule has 1 saturated carbocycles. The second kappa shape index (κ2) is 8.94. The Morgan fingerprint density at radius 3 is 2.36 bits per heavy atom. The standard InChI is InChI=1S/C17H26N2O6/c1-11(15(21)18-8-10-24-2)25-14(20)7-9-19-16(22)12-5-3-4-6-13(12)17(19)23/h11-13H,3-10H2,1-2H3,(H,18,21)/t11-,12+,13+/m1/s1. The third-order valence-corrected chi connectivity index (χ3v) is 4.75. The van der Waals surface area contributed by atoms with Crippen LogP contribution in [0, 0.1) is 11.8 Å². The molecule has 2 aliphatic rings. The smallest absolute Gasteiger partial charge is 0.308 e. The quantitative estimate of drug-likeness (QED) is 0.381. The molecule has 8 heteroatoms. The predicted octanol–water partition coefficient (Wildman–Crippen LogP) is 0.246. The lowest BCUT2D eigenvalue weighted by molar-refractivity contribution is -0.155. The molecule has 1 aliphatic heterocycles. The first kappa shape index (κ1) is 19.4. The molecule has 1 heterocycles. The molecule has 2 fully saturated rings. The number of nitrogens with one attached hydrogen (secondary N) is 1. The van der Waals surface area contributed by atoms with Crippen LogP contribution in [-0.4, -0.2) is 61.5 Å². The molecule has 1 N–H and O–H groups in total. The van der Waals surface area contributed by atoms with Crippen molar-refractivity contribution >= 4 is 23.7 Å². The topological polar surface area (TPSA) is 102 Å². The predicted molar refractivity (Wildman–Crippen MR) is 87.2 cm³/mol. The Bertz CT molecular complexity index is 511. The second-order valence-electron chi connectivity index (χ2n) is 6.49. The van der Waals surface area contributed by atoms with E-state index in [4.69, 9.17) is 9.47 Å². The lowest BCUT2D eigenvalue weighted by Gasteiger charge is -2.19. The summed E-state index contributed by atoms with van der Waals surface area (Å²) in [6, 6.07) is 0. The van der Waals surface area contributed by atoms with Gasteiger partial charge in [0.15, 0.2) is 6.10 Å². The molecule has 1 saturated heterocycles. The third-order valence-electron chi connectivity index (χ3n) is 4.75. The Hall–Kier alpha value is -1.96. The zero-order valence-corrected chi connectivity index (χ0v) is 14.8. The number of carbonyl (C=O) groups is 4. The van der Waals surface area contributed by atoms with Crippen molar-refractivity contribution in [2.45, 2.75) is 45.1 Å². The normalized spacial score (nSPS) is 24.0. The van der Waals surface area contributed by atoms with Gasteiger partial charge >= 0.3 is 5.97 Å². The molecule has 0 aromatic rings. The number of hydrogen-bond acceptors (Lipinski definition) is 6. The van der Waals surface area contributed by atoms with Gasteiger partial charge in [0.1, 0.15) is 0 Å². The number of methoxy groups -OCH3 is 1. The molecule has 0 aromatic heterocycles. The van der Waals surface area contributed by atoms with E-state index in [1.54, 1.807) is 0 Å². The van der Waals surface area contributed by atoms with E-state index in [0.717, 1.165) is 25.7 Å². The molecule has 3 amide bonds. The number of nitrogens with zero attached hydrogens (tertiary/aromatic N) is 1. The van der Waals surface area contributed by atoms with Crippen LogP contribution in [-0.2, 0) is 28.7 Å². The summed E-state index contributed by atoms with van der Waals surface area (Å²) < 4.78 is 9.87. The summed E-state index contributed by atoms with van der Waals surface area (Å²) in [4.78, 5) is 49.4. The van der Waals surface area contributed by atoms with Crippen molar-refractivity contribution < 1.29 is 28.7 Å². The van der Waals surface area contributed by atoms with Gasteiger partial charge in [0.05, 0.1) is 24.9 Å². The van der Waals surface area contributed by atoms with Gasteiger partial charge in [-0.3, -0.25) is 24.1 Å². The first-order valence-corrected chi connectivity index (χ1v) is 8.77. The van der Waals surface area contributed by atoms with Crippen LogP contribution in [0.25, 0.3) is 0 Å². The summed E-state index contributed by atoms with van der Waals surface area (Å²) >= 11 is 0. The van der Waals surface area contributed by atoms with E-state index in [0.29, 0.717) is 13.2 Å². The fourth-order valence-electron chi connectivity index (χ4n) is 3.38. The largest absolute Gasteiger partial charge is 0.452 e. The van der Waals surface area contributed by atoms with Gasteiger partial charge in [-0.25, -0.2) is 0 Å². The van der Waals surface area contributed by atoms with Crippen molar-refractivity contribution in [1.82, 2.24) is 10.2 Å². The fraction of sp³-hybridized carbons (Fsp3) is 0.765. The molecule has 140 valence electrons. The second-order valence-corrected chi connectivity index (χ2v) is 6.49. The van der Waals surface area contributed by atoms with Gasteiger partial charge in [-0.05, 0) is 19.8 Å². The van der Waals surface area contributed by atoms with E-state index in [2.05, 4.69) is 5.32 Å². The van der Waals surface area contributed by atoms with E-state index in [1.165, 1.54) is 18.9 Å². The molecular weight excluding hydrogens is 328 g/mol. The number of esters is 1. The summed E-state index contributed by atoms with van der Waals surface area (Å²) in [5.74, 6) is -1.80. The number of amides is 3. The maximum absolute atomic E-state index is 12.3. The Morgan fingerprint density at radius 2 is 1.80 bits per heavy atom. The van der Waals surface area contributed by atoms with Crippen molar-refractivity contribution in [2.75, 3.05) is 26.8 Å². The van der Waals surface area contributed by atoms with E-state index >= 15 is 0 Å². The molecule has 0 spiro atoms. The highest BCUT2D eigenvalue weighted by Gasteiger charge is 2.47. The minimum Gasteiger partial charge on any atom is -0.452 e. The van der Waals surface area contributed by atoms with Gasteiger partial charge in [0.25, 0.3) is 5.91 Å². The Balaban J connectivity index is 1.77. The molecule has 0 aromatic carbocycles. The Labute approximate surface area is 147 Å². The monoisotopic (exact) mass is 354 g/mol. The lowest BCUT2D eigenvalue weighted by atomic mass is 9.81. The van der Waals surface area contributed by atoms with Crippen LogP contribution in [0.1, 0.15) is 39.0 Å². The SMILES string of the molecule is COCCNC(=O)[C@@H](C)OC(=O)CCN1C(=O)[C@H]2CCCC[C@@H]2C1=O. The summed E-state index contributed by atoms with van der Waals surface area (Å²) in [7, 11) is 1.52. The van der Waals surface area contributed by atoms with E-state index in [9.17, 15) is 19.2 Å². The van der Waals surface area contributed by atoms with Crippen molar-refractivity contribution in [3.8, 4) is 0 Å². The highest BCUT2D eigenvalue weighted by Crippen LogP contribution is 2.37. The summed E-state index contributed by atoms with van der Waals surface area (Å²) in [5, 5.41) is 2.57. The number of carbonyl (C=O) groups excluding carboxylic acids is 4. The third kappa shape index (κ3) is 4.78.